The second-order valence-corrected chi connectivity index (χ2v) is 7.65. The number of benzene rings is 1. The van der Waals surface area contributed by atoms with Gasteiger partial charge in [0.25, 0.3) is 5.91 Å². The van der Waals surface area contributed by atoms with Crippen LogP contribution in [0.25, 0.3) is 5.69 Å². The fraction of sp³-hybridized carbons (Fsp3) is 0.300. The molecule has 1 saturated heterocycles. The summed E-state index contributed by atoms with van der Waals surface area (Å²) in [6.07, 6.45) is 3.45. The summed E-state index contributed by atoms with van der Waals surface area (Å²) in [6.45, 7) is 2.29. The van der Waals surface area contributed by atoms with E-state index >= 15 is 0 Å². The molecule has 5 nitrogen and oxygen atoms in total. The molecule has 0 unspecified atom stereocenters. The first kappa shape index (κ1) is 17.9. The lowest BCUT2D eigenvalue weighted by molar-refractivity contribution is 0.0949. The van der Waals surface area contributed by atoms with Gasteiger partial charge in [-0.15, -0.1) is 11.3 Å². The van der Waals surface area contributed by atoms with Crippen LogP contribution < -0.4 is 10.6 Å². The third-order valence-electron chi connectivity index (χ3n) is 4.83. The van der Waals surface area contributed by atoms with E-state index in [1.54, 1.807) is 28.3 Å². The Morgan fingerprint density at radius 2 is 2.15 bits per heavy atom. The molecule has 1 aliphatic rings. The van der Waals surface area contributed by atoms with E-state index in [9.17, 15) is 9.18 Å². The first-order chi connectivity index (χ1) is 13.2. The number of nitrogens with zero attached hydrogens (tertiary/aromatic N) is 2. The molecule has 3 heterocycles. The minimum absolute atomic E-state index is 0.139. The Balaban J connectivity index is 1.67. The van der Waals surface area contributed by atoms with Crippen LogP contribution in [0, 0.1) is 5.82 Å². The smallest absolute Gasteiger partial charge is 0.255 e. The number of amides is 1. The molecule has 1 fully saturated rings. The first-order valence-corrected chi connectivity index (χ1v) is 9.95. The van der Waals surface area contributed by atoms with Gasteiger partial charge in [-0.3, -0.25) is 4.79 Å². The SMILES string of the molecule is O=C(NCc1cccs1)c1cnn(-c2cccc(F)c2)c1C1CCNCC1. The fourth-order valence-corrected chi connectivity index (χ4v) is 4.16. The Kier molecular flexibility index (Phi) is 5.31. The van der Waals surface area contributed by atoms with E-state index in [2.05, 4.69) is 15.7 Å². The molecule has 0 aliphatic carbocycles. The largest absolute Gasteiger partial charge is 0.347 e. The minimum Gasteiger partial charge on any atom is -0.347 e. The average Bonchev–Trinajstić information content (AvgIpc) is 3.36. The summed E-state index contributed by atoms with van der Waals surface area (Å²) in [7, 11) is 0. The van der Waals surface area contributed by atoms with E-state index in [1.807, 2.05) is 23.6 Å². The molecule has 0 radical (unpaired) electrons. The van der Waals surface area contributed by atoms with Crippen LogP contribution in [0.1, 0.15) is 39.7 Å². The number of piperidine rings is 1. The number of hydrogen-bond acceptors (Lipinski definition) is 4. The van der Waals surface area contributed by atoms with Crippen LogP contribution in [-0.2, 0) is 6.54 Å². The van der Waals surface area contributed by atoms with E-state index < -0.39 is 0 Å². The molecule has 0 spiro atoms. The molecule has 27 heavy (non-hydrogen) atoms. The van der Waals surface area contributed by atoms with Crippen LogP contribution in [0.4, 0.5) is 4.39 Å². The summed E-state index contributed by atoms with van der Waals surface area (Å²) < 4.78 is 15.5. The summed E-state index contributed by atoms with van der Waals surface area (Å²) >= 11 is 1.61. The Morgan fingerprint density at radius 1 is 1.30 bits per heavy atom. The van der Waals surface area contributed by atoms with Crippen molar-refractivity contribution in [1.82, 2.24) is 20.4 Å². The summed E-state index contributed by atoms with van der Waals surface area (Å²) in [5, 5.41) is 12.8. The van der Waals surface area contributed by atoms with Crippen molar-refractivity contribution in [3.8, 4) is 5.69 Å². The summed E-state index contributed by atoms with van der Waals surface area (Å²) in [6, 6.07) is 10.3. The zero-order valence-corrected chi connectivity index (χ0v) is 15.6. The van der Waals surface area contributed by atoms with Gasteiger partial charge in [0.15, 0.2) is 0 Å². The molecular formula is C20H21FN4OS. The lowest BCUT2D eigenvalue weighted by Gasteiger charge is -2.24. The van der Waals surface area contributed by atoms with Crippen LogP contribution in [0.2, 0.25) is 0 Å². The highest BCUT2D eigenvalue weighted by Crippen LogP contribution is 2.30. The van der Waals surface area contributed by atoms with E-state index in [1.165, 1.54) is 12.1 Å². The minimum atomic E-state index is -0.317. The van der Waals surface area contributed by atoms with Gasteiger partial charge in [-0.1, -0.05) is 12.1 Å². The van der Waals surface area contributed by atoms with Crippen molar-refractivity contribution in [2.24, 2.45) is 0 Å². The Hall–Kier alpha value is -2.51. The van der Waals surface area contributed by atoms with Crippen LogP contribution in [0.3, 0.4) is 0 Å². The summed E-state index contributed by atoms with van der Waals surface area (Å²) in [5.41, 5.74) is 2.08. The van der Waals surface area contributed by atoms with Crippen molar-refractivity contribution in [2.75, 3.05) is 13.1 Å². The first-order valence-electron chi connectivity index (χ1n) is 9.07. The fourth-order valence-electron chi connectivity index (χ4n) is 3.51. The molecule has 1 amide bonds. The Bertz CT molecular complexity index is 916. The lowest BCUT2D eigenvalue weighted by Crippen LogP contribution is -2.30. The van der Waals surface area contributed by atoms with Crippen LogP contribution in [0.5, 0.6) is 0 Å². The number of halogens is 1. The predicted octanol–water partition coefficient (Wildman–Crippen LogP) is 3.47. The Labute approximate surface area is 161 Å². The molecule has 140 valence electrons. The highest BCUT2D eigenvalue weighted by atomic mass is 32.1. The highest BCUT2D eigenvalue weighted by Gasteiger charge is 2.27. The van der Waals surface area contributed by atoms with Gasteiger partial charge in [0, 0.05) is 10.8 Å². The van der Waals surface area contributed by atoms with Crippen LogP contribution in [-0.4, -0.2) is 28.8 Å². The number of nitrogens with one attached hydrogen (secondary N) is 2. The maximum Gasteiger partial charge on any atom is 0.255 e. The second kappa shape index (κ2) is 8.02. The van der Waals surface area contributed by atoms with Crippen molar-refractivity contribution in [3.63, 3.8) is 0 Å². The number of rotatable bonds is 5. The monoisotopic (exact) mass is 384 g/mol. The third-order valence-corrected chi connectivity index (χ3v) is 5.71. The van der Waals surface area contributed by atoms with Gasteiger partial charge in [0.05, 0.1) is 29.7 Å². The molecule has 1 aromatic carbocycles. The predicted molar refractivity (Wildman–Crippen MR) is 104 cm³/mol. The molecular weight excluding hydrogens is 363 g/mol. The van der Waals surface area contributed by atoms with E-state index in [4.69, 9.17) is 0 Å². The zero-order chi connectivity index (χ0) is 18.6. The maximum atomic E-state index is 13.7. The molecule has 2 aromatic heterocycles. The number of aromatic nitrogens is 2. The van der Waals surface area contributed by atoms with Crippen LogP contribution in [0.15, 0.2) is 48.0 Å². The number of carbonyl (C=O) groups is 1. The highest BCUT2D eigenvalue weighted by molar-refractivity contribution is 7.09. The number of hydrogen-bond donors (Lipinski definition) is 2. The number of carbonyl (C=O) groups excluding carboxylic acids is 1. The maximum absolute atomic E-state index is 13.7. The van der Waals surface area contributed by atoms with E-state index in [-0.39, 0.29) is 17.6 Å². The lowest BCUT2D eigenvalue weighted by atomic mass is 9.91. The number of thiophene rings is 1. The average molecular weight is 384 g/mol. The van der Waals surface area contributed by atoms with Gasteiger partial charge >= 0.3 is 0 Å². The molecule has 0 atom stereocenters. The van der Waals surface area contributed by atoms with Crippen molar-refractivity contribution in [1.29, 1.82) is 0 Å². The normalized spacial score (nSPS) is 15.0. The Morgan fingerprint density at radius 3 is 2.89 bits per heavy atom. The summed E-state index contributed by atoms with van der Waals surface area (Å²) in [5.74, 6) is -0.248. The van der Waals surface area contributed by atoms with Gasteiger partial charge in [0.2, 0.25) is 0 Å². The second-order valence-electron chi connectivity index (χ2n) is 6.62. The van der Waals surface area contributed by atoms with Gasteiger partial charge in [-0.2, -0.15) is 5.10 Å². The quantitative estimate of drug-likeness (QED) is 0.708. The standard InChI is InChI=1S/C20H21FN4OS/c21-15-3-1-4-16(11-15)25-19(14-6-8-22-9-7-14)18(13-24-25)20(26)23-12-17-5-2-10-27-17/h1-5,10-11,13-14,22H,6-9,12H2,(H,23,26). The third kappa shape index (κ3) is 3.94. The summed E-state index contributed by atoms with van der Waals surface area (Å²) in [4.78, 5) is 14.0. The molecule has 7 heteroatoms. The molecule has 3 aromatic rings. The van der Waals surface area contributed by atoms with E-state index in [0.717, 1.165) is 36.5 Å². The van der Waals surface area contributed by atoms with Gasteiger partial charge in [-0.05, 0) is 55.6 Å². The van der Waals surface area contributed by atoms with Gasteiger partial charge < -0.3 is 10.6 Å². The zero-order valence-electron chi connectivity index (χ0n) is 14.8. The van der Waals surface area contributed by atoms with Gasteiger partial charge in [-0.25, -0.2) is 9.07 Å². The molecule has 4 rings (SSSR count). The molecule has 2 N–H and O–H groups in total. The molecule has 0 bridgehead atoms. The molecule has 1 aliphatic heterocycles. The topological polar surface area (TPSA) is 59.0 Å². The van der Waals surface area contributed by atoms with Crippen molar-refractivity contribution in [3.05, 3.63) is 69.9 Å². The van der Waals surface area contributed by atoms with Crippen molar-refractivity contribution >= 4 is 17.2 Å². The van der Waals surface area contributed by atoms with E-state index in [0.29, 0.717) is 17.8 Å². The molecule has 0 saturated carbocycles. The van der Waals surface area contributed by atoms with Crippen molar-refractivity contribution < 1.29 is 9.18 Å². The van der Waals surface area contributed by atoms with Crippen molar-refractivity contribution in [2.45, 2.75) is 25.3 Å². The van der Waals surface area contributed by atoms with Gasteiger partial charge in [0.1, 0.15) is 5.82 Å². The van der Waals surface area contributed by atoms with Crippen LogP contribution >= 0.6 is 11.3 Å².